The lowest BCUT2D eigenvalue weighted by Gasteiger charge is -2.09. The zero-order chi connectivity index (χ0) is 15.5. The van der Waals surface area contributed by atoms with Gasteiger partial charge in [0.2, 0.25) is 0 Å². The Morgan fingerprint density at radius 1 is 1.05 bits per heavy atom. The molecule has 3 aromatic rings. The number of aromatic amines is 1. The number of H-pyrrole nitrogens is 1. The van der Waals surface area contributed by atoms with Crippen LogP contribution in [0.25, 0.3) is 10.9 Å². The molecular formula is C19H19NO2. The SMILES string of the molecule is CCOc1ccc(Cc2c(C)[nH]c3ccccc3c2=O)cc1. The summed E-state index contributed by atoms with van der Waals surface area (Å²) < 4.78 is 5.45. The van der Waals surface area contributed by atoms with E-state index in [1.165, 1.54) is 0 Å². The van der Waals surface area contributed by atoms with E-state index in [1.54, 1.807) is 0 Å². The summed E-state index contributed by atoms with van der Waals surface area (Å²) >= 11 is 0. The van der Waals surface area contributed by atoms with Gasteiger partial charge in [0.05, 0.1) is 6.61 Å². The van der Waals surface area contributed by atoms with Gasteiger partial charge in [-0.25, -0.2) is 0 Å². The molecule has 0 saturated carbocycles. The average Bonchev–Trinajstić information content (AvgIpc) is 2.53. The van der Waals surface area contributed by atoms with Crippen LogP contribution in [0.15, 0.2) is 53.3 Å². The zero-order valence-electron chi connectivity index (χ0n) is 12.8. The Hall–Kier alpha value is -2.55. The van der Waals surface area contributed by atoms with Gasteiger partial charge in [-0.15, -0.1) is 0 Å². The standard InChI is InChI=1S/C19H19NO2/c1-3-22-15-10-8-14(9-11-15)12-17-13(2)20-18-7-5-4-6-16(18)19(17)21/h4-11H,3,12H2,1-2H3,(H,20,21). The molecule has 3 nitrogen and oxygen atoms in total. The summed E-state index contributed by atoms with van der Waals surface area (Å²) in [5.74, 6) is 0.857. The summed E-state index contributed by atoms with van der Waals surface area (Å²) in [6, 6.07) is 15.6. The molecule has 0 amide bonds. The van der Waals surface area contributed by atoms with Gasteiger partial charge in [-0.1, -0.05) is 24.3 Å². The van der Waals surface area contributed by atoms with Crippen LogP contribution in [-0.2, 0) is 6.42 Å². The van der Waals surface area contributed by atoms with Crippen molar-refractivity contribution in [1.82, 2.24) is 4.98 Å². The molecule has 1 N–H and O–H groups in total. The summed E-state index contributed by atoms with van der Waals surface area (Å²) in [5, 5.41) is 0.744. The van der Waals surface area contributed by atoms with E-state index < -0.39 is 0 Å². The molecule has 3 heteroatoms. The first-order chi connectivity index (χ1) is 10.7. The van der Waals surface area contributed by atoms with E-state index in [1.807, 2.05) is 62.4 Å². The number of ether oxygens (including phenoxy) is 1. The topological polar surface area (TPSA) is 42.1 Å². The Bertz CT molecular complexity index is 847. The molecule has 0 saturated heterocycles. The van der Waals surface area contributed by atoms with Gasteiger partial charge in [-0.05, 0) is 43.7 Å². The molecule has 2 aromatic carbocycles. The summed E-state index contributed by atoms with van der Waals surface area (Å²) in [6.07, 6.45) is 0.623. The minimum absolute atomic E-state index is 0.112. The molecule has 0 aliphatic carbocycles. The van der Waals surface area contributed by atoms with Crippen molar-refractivity contribution in [3.63, 3.8) is 0 Å². The number of hydrogen-bond donors (Lipinski definition) is 1. The molecule has 3 rings (SSSR count). The Morgan fingerprint density at radius 2 is 1.77 bits per heavy atom. The van der Waals surface area contributed by atoms with Crippen LogP contribution in [0, 0.1) is 6.92 Å². The third-order valence-corrected chi connectivity index (χ3v) is 3.84. The molecule has 0 spiro atoms. The van der Waals surface area contributed by atoms with E-state index in [4.69, 9.17) is 4.74 Å². The number of nitrogens with one attached hydrogen (secondary N) is 1. The van der Waals surface area contributed by atoms with E-state index in [0.29, 0.717) is 13.0 Å². The molecular weight excluding hydrogens is 274 g/mol. The molecule has 0 aliphatic rings. The van der Waals surface area contributed by atoms with Crippen molar-refractivity contribution >= 4 is 10.9 Å². The second-order valence-electron chi connectivity index (χ2n) is 5.36. The minimum Gasteiger partial charge on any atom is -0.494 e. The Labute approximate surface area is 129 Å². The second-order valence-corrected chi connectivity index (χ2v) is 5.36. The highest BCUT2D eigenvalue weighted by Gasteiger charge is 2.09. The maximum absolute atomic E-state index is 12.7. The number of rotatable bonds is 4. The van der Waals surface area contributed by atoms with Gasteiger partial charge in [-0.2, -0.15) is 0 Å². The normalized spacial score (nSPS) is 10.8. The van der Waals surface area contributed by atoms with Crippen LogP contribution in [-0.4, -0.2) is 11.6 Å². The quantitative estimate of drug-likeness (QED) is 0.794. The van der Waals surface area contributed by atoms with Crippen LogP contribution in [0.5, 0.6) is 5.75 Å². The van der Waals surface area contributed by atoms with Gasteiger partial charge in [0.1, 0.15) is 5.75 Å². The molecule has 0 unspecified atom stereocenters. The third-order valence-electron chi connectivity index (χ3n) is 3.84. The molecule has 112 valence electrons. The van der Waals surface area contributed by atoms with Crippen molar-refractivity contribution < 1.29 is 4.74 Å². The molecule has 1 heterocycles. The summed E-state index contributed by atoms with van der Waals surface area (Å²) in [6.45, 7) is 4.58. The van der Waals surface area contributed by atoms with Crippen molar-refractivity contribution in [2.24, 2.45) is 0 Å². The Balaban J connectivity index is 1.98. The van der Waals surface area contributed by atoms with Crippen LogP contribution in [0.2, 0.25) is 0 Å². The molecule has 0 atom stereocenters. The van der Waals surface area contributed by atoms with Gasteiger partial charge in [0.15, 0.2) is 5.43 Å². The lowest BCUT2D eigenvalue weighted by molar-refractivity contribution is 0.340. The van der Waals surface area contributed by atoms with Crippen LogP contribution < -0.4 is 10.2 Å². The number of aryl methyl sites for hydroxylation is 1. The lowest BCUT2D eigenvalue weighted by Crippen LogP contribution is -2.13. The first-order valence-electron chi connectivity index (χ1n) is 7.51. The summed E-state index contributed by atoms with van der Waals surface area (Å²) in [4.78, 5) is 16.0. The van der Waals surface area contributed by atoms with Gasteiger partial charge >= 0.3 is 0 Å². The van der Waals surface area contributed by atoms with Crippen molar-refractivity contribution in [3.8, 4) is 5.75 Å². The van der Waals surface area contributed by atoms with Crippen LogP contribution in [0.3, 0.4) is 0 Å². The Morgan fingerprint density at radius 3 is 2.50 bits per heavy atom. The molecule has 0 aliphatic heterocycles. The highest BCUT2D eigenvalue weighted by molar-refractivity contribution is 5.79. The third kappa shape index (κ3) is 2.75. The summed E-state index contributed by atoms with van der Waals surface area (Å²) in [5.41, 5.74) is 3.86. The largest absolute Gasteiger partial charge is 0.494 e. The predicted molar refractivity (Wildman–Crippen MR) is 89.7 cm³/mol. The first-order valence-corrected chi connectivity index (χ1v) is 7.51. The van der Waals surface area contributed by atoms with Gasteiger partial charge in [-0.3, -0.25) is 4.79 Å². The van der Waals surface area contributed by atoms with Crippen LogP contribution in [0.1, 0.15) is 23.7 Å². The fourth-order valence-electron chi connectivity index (χ4n) is 2.69. The minimum atomic E-state index is 0.112. The second kappa shape index (κ2) is 6.06. The maximum Gasteiger partial charge on any atom is 0.193 e. The molecule has 22 heavy (non-hydrogen) atoms. The van der Waals surface area contributed by atoms with Gasteiger partial charge in [0.25, 0.3) is 0 Å². The fraction of sp³-hybridized carbons (Fsp3) is 0.211. The van der Waals surface area contributed by atoms with Crippen molar-refractivity contribution in [2.75, 3.05) is 6.61 Å². The number of aromatic nitrogens is 1. The number of pyridine rings is 1. The van der Waals surface area contributed by atoms with E-state index in [9.17, 15) is 4.79 Å². The fourth-order valence-corrected chi connectivity index (χ4v) is 2.69. The average molecular weight is 293 g/mol. The molecule has 0 radical (unpaired) electrons. The highest BCUT2D eigenvalue weighted by Crippen LogP contribution is 2.17. The predicted octanol–water partition coefficient (Wildman–Crippen LogP) is 3.83. The van der Waals surface area contributed by atoms with E-state index >= 15 is 0 Å². The van der Waals surface area contributed by atoms with Gasteiger partial charge < -0.3 is 9.72 Å². The zero-order valence-corrected chi connectivity index (χ0v) is 12.8. The monoisotopic (exact) mass is 293 g/mol. The highest BCUT2D eigenvalue weighted by atomic mass is 16.5. The van der Waals surface area contributed by atoms with Crippen molar-refractivity contribution in [2.45, 2.75) is 20.3 Å². The number of fused-ring (bicyclic) bond motifs is 1. The van der Waals surface area contributed by atoms with Crippen LogP contribution >= 0.6 is 0 Å². The van der Waals surface area contributed by atoms with Crippen molar-refractivity contribution in [3.05, 3.63) is 75.6 Å². The Kier molecular flexibility index (Phi) is 3.96. The summed E-state index contributed by atoms with van der Waals surface area (Å²) in [7, 11) is 0. The smallest absolute Gasteiger partial charge is 0.193 e. The molecule has 0 bridgehead atoms. The van der Waals surface area contributed by atoms with Crippen molar-refractivity contribution in [1.29, 1.82) is 0 Å². The lowest BCUT2D eigenvalue weighted by atomic mass is 10.0. The number of para-hydroxylation sites is 1. The van der Waals surface area contributed by atoms with E-state index in [-0.39, 0.29) is 5.43 Å². The molecule has 1 aromatic heterocycles. The van der Waals surface area contributed by atoms with E-state index in [0.717, 1.165) is 33.5 Å². The maximum atomic E-state index is 12.7. The van der Waals surface area contributed by atoms with Crippen LogP contribution in [0.4, 0.5) is 0 Å². The first kappa shape index (κ1) is 14.4. The number of benzene rings is 2. The van der Waals surface area contributed by atoms with Gasteiger partial charge in [0, 0.05) is 28.6 Å². The molecule has 0 fully saturated rings. The van der Waals surface area contributed by atoms with E-state index in [2.05, 4.69) is 4.98 Å². The number of hydrogen-bond acceptors (Lipinski definition) is 2.